The zero-order valence-corrected chi connectivity index (χ0v) is 19.7. The third-order valence-corrected chi connectivity index (χ3v) is 5.90. The molecule has 0 spiro atoms. The van der Waals surface area contributed by atoms with Crippen molar-refractivity contribution in [2.75, 3.05) is 23.3 Å². The van der Waals surface area contributed by atoms with Crippen molar-refractivity contribution in [2.24, 2.45) is 0 Å². The highest BCUT2D eigenvalue weighted by Gasteiger charge is 2.24. The first kappa shape index (κ1) is 22.6. The van der Waals surface area contributed by atoms with Gasteiger partial charge in [0.15, 0.2) is 0 Å². The number of amides is 2. The second-order valence-electron chi connectivity index (χ2n) is 8.80. The Morgan fingerprint density at radius 1 is 1.06 bits per heavy atom. The zero-order chi connectivity index (χ0) is 23.5. The van der Waals surface area contributed by atoms with E-state index in [0.29, 0.717) is 5.56 Å². The molecule has 0 saturated carbocycles. The number of nitrogens with one attached hydrogen (secondary N) is 2. The number of hydrogen-bond acceptors (Lipinski definition) is 4. The Bertz CT molecular complexity index is 1170. The molecule has 0 radical (unpaired) electrons. The highest BCUT2D eigenvalue weighted by molar-refractivity contribution is 5.99. The summed E-state index contributed by atoms with van der Waals surface area (Å²) < 4.78 is 1.85. The summed E-state index contributed by atoms with van der Waals surface area (Å²) in [5, 5.41) is 10.7. The number of aromatic nitrogens is 2. The number of rotatable bonds is 6. The molecular formula is C26H31N5O2. The van der Waals surface area contributed by atoms with Crippen LogP contribution in [0, 0.1) is 13.8 Å². The fraction of sp³-hybridized carbons (Fsp3) is 0.346. The van der Waals surface area contributed by atoms with E-state index in [-0.39, 0.29) is 24.4 Å². The van der Waals surface area contributed by atoms with Gasteiger partial charge in [0.05, 0.1) is 29.3 Å². The average molecular weight is 446 g/mol. The minimum absolute atomic E-state index is 0.0623. The molecule has 4 rings (SSSR count). The quantitative estimate of drug-likeness (QED) is 0.601. The molecule has 0 unspecified atom stereocenters. The van der Waals surface area contributed by atoms with Gasteiger partial charge in [-0.1, -0.05) is 24.3 Å². The molecule has 2 N–H and O–H groups in total. The lowest BCUT2D eigenvalue weighted by Gasteiger charge is -2.32. The Labute approximate surface area is 194 Å². The van der Waals surface area contributed by atoms with E-state index in [2.05, 4.69) is 20.6 Å². The van der Waals surface area contributed by atoms with Crippen molar-refractivity contribution in [1.82, 2.24) is 15.1 Å². The van der Waals surface area contributed by atoms with Gasteiger partial charge in [-0.2, -0.15) is 5.10 Å². The van der Waals surface area contributed by atoms with Gasteiger partial charge in [0, 0.05) is 23.8 Å². The Morgan fingerprint density at radius 2 is 1.82 bits per heavy atom. The number of para-hydroxylation sites is 1. The Kier molecular flexibility index (Phi) is 6.49. The molecule has 7 nitrogen and oxygen atoms in total. The van der Waals surface area contributed by atoms with Crippen LogP contribution in [0.1, 0.15) is 47.6 Å². The Balaban J connectivity index is 1.52. The predicted octanol–water partition coefficient (Wildman–Crippen LogP) is 4.02. The molecule has 1 aromatic heterocycles. The van der Waals surface area contributed by atoms with Gasteiger partial charge in [-0.05, 0) is 70.4 Å². The minimum atomic E-state index is -0.0984. The SMILES string of the molecule is Cc1nn(-c2ccccc2)c(C)c1NC(=O)CN1CCCc2c(C(=O)NC(C)C)cccc21. The predicted molar refractivity (Wildman–Crippen MR) is 131 cm³/mol. The molecular weight excluding hydrogens is 414 g/mol. The molecule has 0 fully saturated rings. The number of benzene rings is 2. The molecule has 33 heavy (non-hydrogen) atoms. The molecule has 0 bridgehead atoms. The maximum atomic E-state index is 13.0. The Hall–Kier alpha value is -3.61. The van der Waals surface area contributed by atoms with E-state index in [9.17, 15) is 9.59 Å². The molecule has 7 heteroatoms. The van der Waals surface area contributed by atoms with E-state index in [1.54, 1.807) is 0 Å². The summed E-state index contributed by atoms with van der Waals surface area (Å²) in [5.74, 6) is -0.161. The van der Waals surface area contributed by atoms with Crippen LogP contribution in [0.2, 0.25) is 0 Å². The monoisotopic (exact) mass is 445 g/mol. The van der Waals surface area contributed by atoms with Crippen molar-refractivity contribution in [3.8, 4) is 5.69 Å². The van der Waals surface area contributed by atoms with Crippen LogP contribution >= 0.6 is 0 Å². The number of hydrogen-bond donors (Lipinski definition) is 2. The molecule has 172 valence electrons. The van der Waals surface area contributed by atoms with Crippen LogP contribution < -0.4 is 15.5 Å². The van der Waals surface area contributed by atoms with Crippen molar-refractivity contribution in [3.05, 3.63) is 71.0 Å². The van der Waals surface area contributed by atoms with Gasteiger partial charge in [0.1, 0.15) is 0 Å². The number of aryl methyl sites for hydroxylation is 1. The Morgan fingerprint density at radius 3 is 2.55 bits per heavy atom. The normalized spacial score (nSPS) is 13.1. The first-order valence-corrected chi connectivity index (χ1v) is 11.4. The van der Waals surface area contributed by atoms with E-state index in [0.717, 1.165) is 53.4 Å². The first-order chi connectivity index (χ1) is 15.8. The average Bonchev–Trinajstić information content (AvgIpc) is 3.07. The summed E-state index contributed by atoms with van der Waals surface area (Å²) in [6, 6.07) is 15.7. The van der Waals surface area contributed by atoms with Crippen molar-refractivity contribution < 1.29 is 9.59 Å². The van der Waals surface area contributed by atoms with Crippen molar-refractivity contribution in [1.29, 1.82) is 0 Å². The standard InChI is InChI=1S/C26H31N5O2/c1-17(2)27-26(33)22-12-8-14-23-21(22)13-9-15-30(23)16-24(32)28-25-18(3)29-31(19(25)4)20-10-6-5-7-11-20/h5-8,10-12,14,17H,9,13,15-16H2,1-4H3,(H,27,33)(H,28,32). The van der Waals surface area contributed by atoms with Crippen LogP contribution in [0.5, 0.6) is 0 Å². The highest BCUT2D eigenvalue weighted by Crippen LogP contribution is 2.30. The van der Waals surface area contributed by atoms with Crippen LogP contribution in [0.15, 0.2) is 48.5 Å². The van der Waals surface area contributed by atoms with E-state index in [1.165, 1.54) is 0 Å². The second kappa shape index (κ2) is 9.48. The molecule has 0 saturated heterocycles. The van der Waals surface area contributed by atoms with Gasteiger partial charge in [-0.15, -0.1) is 0 Å². The summed E-state index contributed by atoms with van der Waals surface area (Å²) in [6.45, 7) is 8.76. The minimum Gasteiger partial charge on any atom is -0.362 e. The van der Waals surface area contributed by atoms with Crippen LogP contribution in [-0.2, 0) is 11.2 Å². The van der Waals surface area contributed by atoms with Crippen molar-refractivity contribution in [2.45, 2.75) is 46.6 Å². The smallest absolute Gasteiger partial charge is 0.251 e. The molecule has 2 aromatic carbocycles. The summed E-state index contributed by atoms with van der Waals surface area (Å²) in [5.41, 5.74) is 6.03. The van der Waals surface area contributed by atoms with Gasteiger partial charge < -0.3 is 15.5 Å². The lowest BCUT2D eigenvalue weighted by atomic mass is 9.95. The number of carbonyl (C=O) groups is 2. The van der Waals surface area contributed by atoms with E-state index >= 15 is 0 Å². The van der Waals surface area contributed by atoms with Gasteiger partial charge in [-0.3, -0.25) is 9.59 Å². The summed E-state index contributed by atoms with van der Waals surface area (Å²) in [4.78, 5) is 27.8. The zero-order valence-electron chi connectivity index (χ0n) is 19.7. The van der Waals surface area contributed by atoms with Gasteiger partial charge in [-0.25, -0.2) is 4.68 Å². The molecule has 3 aromatic rings. The largest absolute Gasteiger partial charge is 0.362 e. The fourth-order valence-corrected chi connectivity index (χ4v) is 4.41. The van der Waals surface area contributed by atoms with E-state index in [1.807, 2.05) is 80.9 Å². The van der Waals surface area contributed by atoms with Gasteiger partial charge in [0.2, 0.25) is 5.91 Å². The van der Waals surface area contributed by atoms with Gasteiger partial charge >= 0.3 is 0 Å². The third-order valence-electron chi connectivity index (χ3n) is 5.90. The molecule has 2 amide bonds. The first-order valence-electron chi connectivity index (χ1n) is 11.4. The van der Waals surface area contributed by atoms with Crippen molar-refractivity contribution >= 4 is 23.2 Å². The van der Waals surface area contributed by atoms with Crippen molar-refractivity contribution in [3.63, 3.8) is 0 Å². The summed E-state index contributed by atoms with van der Waals surface area (Å²) >= 11 is 0. The number of anilines is 2. The molecule has 1 aliphatic heterocycles. The molecule has 1 aliphatic rings. The van der Waals surface area contributed by atoms with Gasteiger partial charge in [0.25, 0.3) is 5.91 Å². The third kappa shape index (κ3) is 4.77. The maximum Gasteiger partial charge on any atom is 0.251 e. The lowest BCUT2D eigenvalue weighted by Crippen LogP contribution is -2.38. The number of nitrogens with zero attached hydrogens (tertiary/aromatic N) is 3. The lowest BCUT2D eigenvalue weighted by molar-refractivity contribution is -0.115. The van der Waals surface area contributed by atoms with E-state index < -0.39 is 0 Å². The fourth-order valence-electron chi connectivity index (χ4n) is 4.41. The summed E-state index contributed by atoms with van der Waals surface area (Å²) in [7, 11) is 0. The molecule has 0 aliphatic carbocycles. The van der Waals surface area contributed by atoms with Crippen LogP contribution in [0.3, 0.4) is 0 Å². The van der Waals surface area contributed by atoms with Crippen LogP contribution in [0.4, 0.5) is 11.4 Å². The summed E-state index contributed by atoms with van der Waals surface area (Å²) in [6.07, 6.45) is 1.73. The molecule has 2 heterocycles. The van der Waals surface area contributed by atoms with Crippen LogP contribution in [0.25, 0.3) is 5.69 Å². The topological polar surface area (TPSA) is 79.3 Å². The maximum absolute atomic E-state index is 13.0. The second-order valence-corrected chi connectivity index (χ2v) is 8.80. The van der Waals surface area contributed by atoms with E-state index in [4.69, 9.17) is 0 Å². The number of carbonyl (C=O) groups excluding carboxylic acids is 2. The highest BCUT2D eigenvalue weighted by atomic mass is 16.2. The van der Waals surface area contributed by atoms with Crippen LogP contribution in [-0.4, -0.2) is 40.7 Å². The number of fused-ring (bicyclic) bond motifs is 1. The molecule has 0 atom stereocenters.